The van der Waals surface area contributed by atoms with E-state index in [1.165, 1.54) is 6.07 Å². The summed E-state index contributed by atoms with van der Waals surface area (Å²) in [6.07, 6.45) is -0.0344. The molecule has 1 aromatic carbocycles. The lowest BCUT2D eigenvalue weighted by Crippen LogP contribution is -2.11. The van der Waals surface area contributed by atoms with Crippen molar-refractivity contribution in [3.05, 3.63) is 23.2 Å². The monoisotopic (exact) mass is 245 g/mol. The lowest BCUT2D eigenvalue weighted by Gasteiger charge is -2.07. The number of carbonyl (C=O) groups is 1. The number of anilines is 1. The van der Waals surface area contributed by atoms with Crippen molar-refractivity contribution < 1.29 is 13.2 Å². The first-order chi connectivity index (χ1) is 7.00. The molecule has 4 nitrogen and oxygen atoms in total. The fraction of sp³-hybridized carbons (Fsp3) is 0.222. The van der Waals surface area contributed by atoms with Crippen LogP contribution in [-0.4, -0.2) is 20.1 Å². The quantitative estimate of drug-likeness (QED) is 0.753. The summed E-state index contributed by atoms with van der Waals surface area (Å²) in [5.74, 6) is -0.503. The molecular weight excluding hydrogens is 238 g/mol. The molecule has 0 atom stereocenters. The summed E-state index contributed by atoms with van der Waals surface area (Å²) >= 11 is 5.83. The summed E-state index contributed by atoms with van der Waals surface area (Å²) in [5, 5.41) is 2.74. The smallest absolute Gasteiger partial charge is 0.225 e. The van der Waals surface area contributed by atoms with Gasteiger partial charge in [-0.3, -0.25) is 4.79 Å². The number of amides is 1. The molecule has 1 aromatic rings. The van der Waals surface area contributed by atoms with E-state index < -0.39 is 9.84 Å². The number of hydrogen-bond acceptors (Lipinski definition) is 3. The largest absolute Gasteiger partial charge is 0.324 e. The molecule has 0 aliphatic carbocycles. The van der Waals surface area contributed by atoms with E-state index >= 15 is 0 Å². The van der Waals surface area contributed by atoms with Crippen molar-refractivity contribution in [3.63, 3.8) is 0 Å². The van der Waals surface area contributed by atoms with Crippen LogP contribution < -0.4 is 5.32 Å². The fourth-order valence-corrected chi connectivity index (χ4v) is 3.13. The molecule has 1 amide bonds. The van der Waals surface area contributed by atoms with Gasteiger partial charge in [0.1, 0.15) is 0 Å². The molecule has 0 fully saturated rings. The number of para-hydroxylation sites is 1. The first-order valence-corrected chi connectivity index (χ1v) is 6.35. The van der Waals surface area contributed by atoms with Gasteiger partial charge in [0.2, 0.25) is 5.91 Å². The standard InChI is InChI=1S/C9H8ClNO3S/c10-6-2-1-3-7-9(6)11-8(12)4-5-15(7,13)14/h1-3H,4-5H2,(H,11,12). The van der Waals surface area contributed by atoms with Crippen molar-refractivity contribution in [1.29, 1.82) is 0 Å². The van der Waals surface area contributed by atoms with Crippen LogP contribution in [0.25, 0.3) is 0 Å². The minimum Gasteiger partial charge on any atom is -0.324 e. The van der Waals surface area contributed by atoms with Crippen LogP contribution >= 0.6 is 11.6 Å². The van der Waals surface area contributed by atoms with Crippen molar-refractivity contribution in [2.75, 3.05) is 11.1 Å². The molecule has 0 saturated heterocycles. The third-order valence-electron chi connectivity index (χ3n) is 2.17. The second-order valence-electron chi connectivity index (χ2n) is 3.23. The molecule has 1 aliphatic rings. The molecule has 0 radical (unpaired) electrons. The normalized spacial score (nSPS) is 18.9. The van der Waals surface area contributed by atoms with Gasteiger partial charge in [0, 0.05) is 6.42 Å². The first-order valence-electron chi connectivity index (χ1n) is 4.32. The van der Waals surface area contributed by atoms with Crippen molar-refractivity contribution in [2.45, 2.75) is 11.3 Å². The van der Waals surface area contributed by atoms with Crippen molar-refractivity contribution >= 4 is 33.0 Å². The summed E-state index contributed by atoms with van der Waals surface area (Å²) in [6, 6.07) is 4.54. The molecule has 0 aromatic heterocycles. The fourth-order valence-electron chi connectivity index (χ4n) is 1.42. The summed E-state index contributed by atoms with van der Waals surface area (Å²) in [6.45, 7) is 0. The zero-order valence-electron chi connectivity index (χ0n) is 7.66. The Hall–Kier alpha value is -1.07. The molecule has 1 N–H and O–H groups in total. The lowest BCUT2D eigenvalue weighted by molar-refractivity contribution is -0.115. The third-order valence-corrected chi connectivity index (χ3v) is 4.24. The van der Waals surface area contributed by atoms with Crippen LogP contribution in [-0.2, 0) is 14.6 Å². The van der Waals surface area contributed by atoms with Crippen LogP contribution in [0.3, 0.4) is 0 Å². The Labute approximate surface area is 92.2 Å². The van der Waals surface area contributed by atoms with Gasteiger partial charge in [-0.2, -0.15) is 0 Å². The average Bonchev–Trinajstić information content (AvgIpc) is 2.28. The maximum absolute atomic E-state index is 11.7. The number of hydrogen-bond donors (Lipinski definition) is 1. The Kier molecular flexibility index (Phi) is 2.44. The summed E-state index contributed by atoms with van der Waals surface area (Å²) in [5.41, 5.74) is 0.196. The highest BCUT2D eigenvalue weighted by Crippen LogP contribution is 2.32. The van der Waals surface area contributed by atoms with Crippen LogP contribution in [0.2, 0.25) is 5.02 Å². The number of carbonyl (C=O) groups excluding carboxylic acids is 1. The number of fused-ring (bicyclic) bond motifs is 1. The molecule has 1 aliphatic heterocycles. The number of sulfone groups is 1. The van der Waals surface area contributed by atoms with Crippen LogP contribution in [0, 0.1) is 0 Å². The third kappa shape index (κ3) is 1.85. The number of rotatable bonds is 0. The highest BCUT2D eigenvalue weighted by atomic mass is 35.5. The Morgan fingerprint density at radius 1 is 1.33 bits per heavy atom. The van der Waals surface area contributed by atoms with Gasteiger partial charge in [-0.15, -0.1) is 0 Å². The van der Waals surface area contributed by atoms with Crippen LogP contribution in [0.1, 0.15) is 6.42 Å². The van der Waals surface area contributed by atoms with E-state index in [0.717, 1.165) is 0 Å². The van der Waals surface area contributed by atoms with Gasteiger partial charge in [0.15, 0.2) is 9.84 Å². The summed E-state index contributed by atoms with van der Waals surface area (Å²) < 4.78 is 23.5. The van der Waals surface area contributed by atoms with Gasteiger partial charge < -0.3 is 5.32 Å². The molecule has 80 valence electrons. The highest BCUT2D eigenvalue weighted by molar-refractivity contribution is 7.91. The van der Waals surface area contributed by atoms with Crippen LogP contribution in [0.15, 0.2) is 23.1 Å². The van der Waals surface area contributed by atoms with E-state index in [9.17, 15) is 13.2 Å². The maximum atomic E-state index is 11.7. The Bertz CT molecular complexity index is 524. The molecule has 0 unspecified atom stereocenters. The van der Waals surface area contributed by atoms with E-state index in [1.54, 1.807) is 12.1 Å². The van der Waals surface area contributed by atoms with E-state index in [4.69, 9.17) is 11.6 Å². The van der Waals surface area contributed by atoms with Crippen LogP contribution in [0.5, 0.6) is 0 Å². The minimum atomic E-state index is -3.40. The predicted molar refractivity (Wildman–Crippen MR) is 56.8 cm³/mol. The van der Waals surface area contributed by atoms with Gasteiger partial charge in [-0.25, -0.2) is 8.42 Å². The van der Waals surface area contributed by atoms with Gasteiger partial charge in [-0.1, -0.05) is 17.7 Å². The number of benzene rings is 1. The lowest BCUT2D eigenvalue weighted by atomic mass is 10.3. The zero-order chi connectivity index (χ0) is 11.1. The SMILES string of the molecule is O=C1CCS(=O)(=O)c2cccc(Cl)c2N1. The van der Waals surface area contributed by atoms with Crippen molar-refractivity contribution in [1.82, 2.24) is 0 Å². The highest BCUT2D eigenvalue weighted by Gasteiger charge is 2.26. The van der Waals surface area contributed by atoms with Crippen molar-refractivity contribution in [2.24, 2.45) is 0 Å². The topological polar surface area (TPSA) is 63.2 Å². The Morgan fingerprint density at radius 3 is 2.80 bits per heavy atom. The Morgan fingerprint density at radius 2 is 2.07 bits per heavy atom. The van der Waals surface area contributed by atoms with E-state index in [-0.39, 0.29) is 33.7 Å². The second kappa shape index (κ2) is 3.50. The molecule has 1 heterocycles. The maximum Gasteiger partial charge on any atom is 0.225 e. The molecule has 6 heteroatoms. The molecule has 0 bridgehead atoms. The zero-order valence-corrected chi connectivity index (χ0v) is 9.23. The van der Waals surface area contributed by atoms with Gasteiger partial charge in [0.25, 0.3) is 0 Å². The average molecular weight is 246 g/mol. The summed E-state index contributed by atoms with van der Waals surface area (Å²) in [4.78, 5) is 11.3. The van der Waals surface area contributed by atoms with E-state index in [0.29, 0.717) is 0 Å². The number of halogens is 1. The first kappa shape index (κ1) is 10.4. The Balaban J connectivity index is 2.71. The van der Waals surface area contributed by atoms with Gasteiger partial charge in [0.05, 0.1) is 21.4 Å². The predicted octanol–water partition coefficient (Wildman–Crippen LogP) is 1.46. The molecule has 0 spiro atoms. The second-order valence-corrected chi connectivity index (χ2v) is 5.71. The van der Waals surface area contributed by atoms with Crippen molar-refractivity contribution in [3.8, 4) is 0 Å². The number of nitrogens with one attached hydrogen (secondary N) is 1. The van der Waals surface area contributed by atoms with Crippen LogP contribution in [0.4, 0.5) is 5.69 Å². The van der Waals surface area contributed by atoms with E-state index in [1.807, 2.05) is 0 Å². The molecule has 15 heavy (non-hydrogen) atoms. The molecular formula is C9H8ClNO3S. The van der Waals surface area contributed by atoms with Gasteiger partial charge in [-0.05, 0) is 12.1 Å². The molecule has 2 rings (SSSR count). The molecule has 0 saturated carbocycles. The summed E-state index contributed by atoms with van der Waals surface area (Å²) in [7, 11) is -3.40. The minimum absolute atomic E-state index is 0.0344. The van der Waals surface area contributed by atoms with Gasteiger partial charge >= 0.3 is 0 Å². The van der Waals surface area contributed by atoms with E-state index in [2.05, 4.69) is 5.32 Å².